The molecule has 0 amide bonds. The first kappa shape index (κ1) is 14.3. The molecule has 2 aliphatic heterocycles. The minimum Gasteiger partial charge on any atom is -0.375 e. The monoisotopic (exact) mass is 275 g/mol. The van der Waals surface area contributed by atoms with E-state index < -0.39 is 9.84 Å². The van der Waals surface area contributed by atoms with Gasteiger partial charge in [-0.2, -0.15) is 0 Å². The zero-order chi connectivity index (χ0) is 13.2. The predicted octanol–water partition coefficient (Wildman–Crippen LogP) is 1.36. The van der Waals surface area contributed by atoms with E-state index in [0.29, 0.717) is 29.9 Å². The van der Waals surface area contributed by atoms with Gasteiger partial charge in [0.05, 0.1) is 12.2 Å². The second-order valence-corrected chi connectivity index (χ2v) is 7.97. The Hall–Kier alpha value is -0.130. The molecule has 4 nitrogen and oxygen atoms in total. The molecule has 0 spiro atoms. The largest absolute Gasteiger partial charge is 0.375 e. The molecule has 5 heteroatoms. The van der Waals surface area contributed by atoms with Crippen LogP contribution >= 0.6 is 0 Å². The second kappa shape index (κ2) is 5.88. The molecule has 1 N–H and O–H groups in total. The highest BCUT2D eigenvalue weighted by Crippen LogP contribution is 2.41. The number of hydrogen-bond acceptors (Lipinski definition) is 4. The Morgan fingerprint density at radius 1 is 1.39 bits per heavy atom. The number of hydrogen-bond donors (Lipinski definition) is 1. The molecule has 2 heterocycles. The Bertz CT molecular complexity index is 368. The number of sulfone groups is 1. The molecule has 2 rings (SSSR count). The summed E-state index contributed by atoms with van der Waals surface area (Å²) in [5.41, 5.74) is 0. The lowest BCUT2D eigenvalue weighted by atomic mass is 9.82. The van der Waals surface area contributed by atoms with Gasteiger partial charge in [0.15, 0.2) is 0 Å². The van der Waals surface area contributed by atoms with Crippen LogP contribution in [0.5, 0.6) is 0 Å². The first-order valence-electron chi connectivity index (χ1n) is 7.06. The summed E-state index contributed by atoms with van der Waals surface area (Å²) in [4.78, 5) is 0. The molecule has 2 fully saturated rings. The fourth-order valence-corrected chi connectivity index (χ4v) is 4.09. The van der Waals surface area contributed by atoms with E-state index in [1.54, 1.807) is 0 Å². The van der Waals surface area contributed by atoms with Gasteiger partial charge >= 0.3 is 0 Å². The van der Waals surface area contributed by atoms with Crippen molar-refractivity contribution in [3.05, 3.63) is 0 Å². The van der Waals surface area contributed by atoms with Crippen LogP contribution in [0.15, 0.2) is 0 Å². The summed E-state index contributed by atoms with van der Waals surface area (Å²) >= 11 is 0. The molecule has 18 heavy (non-hydrogen) atoms. The maximum Gasteiger partial charge on any atom is 0.147 e. The topological polar surface area (TPSA) is 55.4 Å². The van der Waals surface area contributed by atoms with Gasteiger partial charge in [-0.1, -0.05) is 6.92 Å². The highest BCUT2D eigenvalue weighted by molar-refractivity contribution is 7.90. The zero-order valence-corrected chi connectivity index (χ0v) is 12.2. The summed E-state index contributed by atoms with van der Waals surface area (Å²) in [7, 11) is -2.83. The second-order valence-electron chi connectivity index (χ2n) is 5.71. The molecule has 0 radical (unpaired) electrons. The molecule has 2 bridgehead atoms. The van der Waals surface area contributed by atoms with Crippen LogP contribution in [0.2, 0.25) is 0 Å². The Kier molecular flexibility index (Phi) is 4.67. The average Bonchev–Trinajstić information content (AvgIpc) is 2.87. The molecule has 0 aliphatic carbocycles. The predicted molar refractivity (Wildman–Crippen MR) is 72.4 cm³/mol. The molecule has 0 saturated carbocycles. The molecule has 2 saturated heterocycles. The third kappa shape index (κ3) is 3.68. The summed E-state index contributed by atoms with van der Waals surface area (Å²) in [6.07, 6.45) is 7.44. The van der Waals surface area contributed by atoms with Crippen molar-refractivity contribution in [1.82, 2.24) is 5.32 Å². The summed E-state index contributed by atoms with van der Waals surface area (Å²) in [5, 5.41) is 3.52. The molecule has 0 aromatic rings. The van der Waals surface area contributed by atoms with Crippen molar-refractivity contribution in [3.8, 4) is 0 Å². The van der Waals surface area contributed by atoms with E-state index >= 15 is 0 Å². The summed E-state index contributed by atoms with van der Waals surface area (Å²) in [6, 6.07) is 0.423. The normalized spacial score (nSPS) is 32.9. The lowest BCUT2D eigenvalue weighted by molar-refractivity contribution is 0.0850. The average molecular weight is 275 g/mol. The molecular weight excluding hydrogens is 250 g/mol. The summed E-state index contributed by atoms with van der Waals surface area (Å²) in [6.45, 7) is 3.05. The highest BCUT2D eigenvalue weighted by atomic mass is 32.2. The summed E-state index contributed by atoms with van der Waals surface area (Å²) in [5.74, 6) is 0.889. The van der Waals surface area contributed by atoms with Gasteiger partial charge in [0, 0.05) is 24.0 Å². The van der Waals surface area contributed by atoms with Gasteiger partial charge in [-0.25, -0.2) is 8.42 Å². The fraction of sp³-hybridized carbons (Fsp3) is 1.00. The molecule has 0 aromatic heterocycles. The zero-order valence-electron chi connectivity index (χ0n) is 11.4. The van der Waals surface area contributed by atoms with Crippen LogP contribution in [-0.4, -0.2) is 45.2 Å². The van der Waals surface area contributed by atoms with Crippen molar-refractivity contribution < 1.29 is 13.2 Å². The molecule has 4 unspecified atom stereocenters. The SMILES string of the molecule is CCNC(CCCS(C)(=O)=O)C1CC2CCC1O2. The molecule has 2 aliphatic rings. The Balaban J connectivity index is 1.84. The van der Waals surface area contributed by atoms with Gasteiger partial charge in [0.2, 0.25) is 0 Å². The van der Waals surface area contributed by atoms with E-state index in [1.807, 2.05) is 0 Å². The van der Waals surface area contributed by atoms with Gasteiger partial charge in [-0.05, 0) is 38.6 Å². The van der Waals surface area contributed by atoms with Gasteiger partial charge in [0.25, 0.3) is 0 Å². The standard InChI is InChI=1S/C13H25NO3S/c1-3-14-12(5-4-8-18(2,15)16)11-9-10-6-7-13(11)17-10/h10-14H,3-9H2,1-2H3. The first-order chi connectivity index (χ1) is 8.49. The number of ether oxygens (including phenoxy) is 1. The first-order valence-corrected chi connectivity index (χ1v) is 9.12. The minimum atomic E-state index is -2.83. The van der Waals surface area contributed by atoms with Crippen LogP contribution in [-0.2, 0) is 14.6 Å². The van der Waals surface area contributed by atoms with Crippen molar-refractivity contribution in [1.29, 1.82) is 0 Å². The Labute approximate surface area is 110 Å². The third-order valence-electron chi connectivity index (χ3n) is 4.17. The molecule has 0 aromatic carbocycles. The summed E-state index contributed by atoms with van der Waals surface area (Å²) < 4.78 is 28.2. The lowest BCUT2D eigenvalue weighted by Gasteiger charge is -2.29. The Morgan fingerprint density at radius 2 is 2.17 bits per heavy atom. The van der Waals surface area contributed by atoms with Crippen molar-refractivity contribution >= 4 is 9.84 Å². The van der Waals surface area contributed by atoms with Gasteiger partial charge in [-0.3, -0.25) is 0 Å². The molecule has 106 valence electrons. The van der Waals surface area contributed by atoms with Crippen molar-refractivity contribution in [2.24, 2.45) is 5.92 Å². The van der Waals surface area contributed by atoms with Crippen LogP contribution in [0.1, 0.15) is 39.0 Å². The molecule has 4 atom stereocenters. The quantitative estimate of drug-likeness (QED) is 0.762. The molecular formula is C13H25NO3S. The van der Waals surface area contributed by atoms with E-state index in [1.165, 1.54) is 19.1 Å². The smallest absolute Gasteiger partial charge is 0.147 e. The van der Waals surface area contributed by atoms with Gasteiger partial charge < -0.3 is 10.1 Å². The highest BCUT2D eigenvalue weighted by Gasteiger charge is 2.43. The van der Waals surface area contributed by atoms with E-state index in [4.69, 9.17) is 4.74 Å². The van der Waals surface area contributed by atoms with E-state index in [2.05, 4.69) is 12.2 Å². The van der Waals surface area contributed by atoms with Gasteiger partial charge in [0.1, 0.15) is 9.84 Å². The van der Waals surface area contributed by atoms with Gasteiger partial charge in [-0.15, -0.1) is 0 Å². The minimum absolute atomic E-state index is 0.302. The van der Waals surface area contributed by atoms with Crippen molar-refractivity contribution in [3.63, 3.8) is 0 Å². The van der Waals surface area contributed by atoms with Crippen LogP contribution in [0.25, 0.3) is 0 Å². The number of rotatable bonds is 7. The van der Waals surface area contributed by atoms with Crippen molar-refractivity contribution in [2.75, 3.05) is 18.6 Å². The van der Waals surface area contributed by atoms with E-state index in [-0.39, 0.29) is 0 Å². The van der Waals surface area contributed by atoms with Crippen LogP contribution in [0.4, 0.5) is 0 Å². The van der Waals surface area contributed by atoms with E-state index in [0.717, 1.165) is 25.8 Å². The van der Waals surface area contributed by atoms with Crippen LogP contribution < -0.4 is 5.32 Å². The Morgan fingerprint density at radius 3 is 2.67 bits per heavy atom. The van der Waals surface area contributed by atoms with Crippen LogP contribution in [0.3, 0.4) is 0 Å². The lowest BCUT2D eigenvalue weighted by Crippen LogP contribution is -2.40. The maximum atomic E-state index is 11.2. The number of fused-ring (bicyclic) bond motifs is 2. The maximum absolute atomic E-state index is 11.2. The third-order valence-corrected chi connectivity index (χ3v) is 5.20. The van der Waals surface area contributed by atoms with Crippen LogP contribution in [0, 0.1) is 5.92 Å². The van der Waals surface area contributed by atoms with Crippen molar-refractivity contribution in [2.45, 2.75) is 57.3 Å². The number of nitrogens with one attached hydrogen (secondary N) is 1. The fourth-order valence-electron chi connectivity index (χ4n) is 3.40. The van der Waals surface area contributed by atoms with E-state index in [9.17, 15) is 8.42 Å².